The smallest absolute Gasteiger partial charge is 0.243 e. The molecule has 0 fully saturated rings. The number of carbonyl (C=O) groups is 1. The zero-order chi connectivity index (χ0) is 9.47. The van der Waals surface area contributed by atoms with Crippen LogP contribution < -0.4 is 5.73 Å². The number of benzene rings is 1. The second-order valence-electron chi connectivity index (χ2n) is 3.29. The number of nitrogens with two attached hydrogens (primary N) is 1. The Balaban J connectivity index is 2.59. The third-order valence-corrected chi connectivity index (χ3v) is 2.44. The summed E-state index contributed by atoms with van der Waals surface area (Å²) in [7, 11) is 0. The maximum atomic E-state index is 13.7. The van der Waals surface area contributed by atoms with Gasteiger partial charge in [0, 0.05) is 12.0 Å². The summed E-state index contributed by atoms with van der Waals surface area (Å²) < 4.78 is 13.7. The van der Waals surface area contributed by atoms with E-state index < -0.39 is 11.6 Å². The van der Waals surface area contributed by atoms with Gasteiger partial charge >= 0.3 is 0 Å². The number of fused-ring (bicyclic) bond motifs is 1. The van der Waals surface area contributed by atoms with E-state index in [1.54, 1.807) is 12.1 Å². The van der Waals surface area contributed by atoms with E-state index in [4.69, 9.17) is 5.73 Å². The van der Waals surface area contributed by atoms with Crippen molar-refractivity contribution in [2.24, 2.45) is 5.73 Å². The second kappa shape index (κ2) is 2.64. The molecule has 0 amide bonds. The van der Waals surface area contributed by atoms with Crippen LogP contribution in [0.3, 0.4) is 0 Å². The molecule has 1 atom stereocenters. The Hall–Kier alpha value is -1.22. The molecule has 13 heavy (non-hydrogen) atoms. The largest absolute Gasteiger partial charge is 0.294 e. The first-order valence-corrected chi connectivity index (χ1v) is 4.22. The van der Waals surface area contributed by atoms with Crippen molar-refractivity contribution in [3.8, 4) is 0 Å². The lowest BCUT2D eigenvalue weighted by Crippen LogP contribution is -2.43. The van der Waals surface area contributed by atoms with Gasteiger partial charge in [0.2, 0.25) is 5.79 Å². The van der Waals surface area contributed by atoms with E-state index in [9.17, 15) is 9.18 Å². The van der Waals surface area contributed by atoms with Gasteiger partial charge in [-0.3, -0.25) is 10.5 Å². The number of aryl methyl sites for hydroxylation is 1. The van der Waals surface area contributed by atoms with Crippen LogP contribution in [-0.4, -0.2) is 5.78 Å². The van der Waals surface area contributed by atoms with E-state index in [2.05, 4.69) is 0 Å². The topological polar surface area (TPSA) is 43.1 Å². The molecule has 0 aliphatic heterocycles. The average Bonchev–Trinajstić information content (AvgIpc) is 2.13. The summed E-state index contributed by atoms with van der Waals surface area (Å²) in [6, 6.07) is 6.90. The molecule has 0 aromatic heterocycles. The minimum absolute atomic E-state index is 0.198. The van der Waals surface area contributed by atoms with Crippen molar-refractivity contribution in [3.63, 3.8) is 0 Å². The molecule has 1 aromatic carbocycles. The summed E-state index contributed by atoms with van der Waals surface area (Å²) in [5.74, 6) is -2.79. The SMILES string of the molecule is NC1(F)C(=O)CCc2ccccc21. The molecule has 0 radical (unpaired) electrons. The predicted molar refractivity (Wildman–Crippen MR) is 46.7 cm³/mol. The zero-order valence-electron chi connectivity index (χ0n) is 7.09. The molecule has 2 nitrogen and oxygen atoms in total. The fourth-order valence-corrected chi connectivity index (χ4v) is 1.67. The van der Waals surface area contributed by atoms with Crippen LogP contribution in [0.2, 0.25) is 0 Å². The molecule has 0 spiro atoms. The number of alkyl halides is 1. The van der Waals surface area contributed by atoms with Crippen molar-refractivity contribution in [2.45, 2.75) is 18.6 Å². The molecule has 2 N–H and O–H groups in total. The van der Waals surface area contributed by atoms with Crippen LogP contribution in [0.5, 0.6) is 0 Å². The van der Waals surface area contributed by atoms with E-state index >= 15 is 0 Å². The molecule has 1 aromatic rings. The summed E-state index contributed by atoms with van der Waals surface area (Å²) in [6.07, 6.45) is 0.794. The lowest BCUT2D eigenvalue weighted by atomic mass is 9.85. The molecule has 1 aliphatic rings. The highest BCUT2D eigenvalue weighted by atomic mass is 19.1. The van der Waals surface area contributed by atoms with Gasteiger partial charge < -0.3 is 0 Å². The quantitative estimate of drug-likeness (QED) is 0.610. The van der Waals surface area contributed by atoms with E-state index in [1.807, 2.05) is 12.1 Å². The summed E-state index contributed by atoms with van der Waals surface area (Å²) in [5, 5.41) is 0. The molecule has 0 bridgehead atoms. The first kappa shape index (κ1) is 8.38. The number of Topliss-reactive ketones (excluding diaryl/α,β-unsaturated/α-hetero) is 1. The van der Waals surface area contributed by atoms with Crippen molar-refractivity contribution in [1.82, 2.24) is 0 Å². The zero-order valence-corrected chi connectivity index (χ0v) is 7.09. The van der Waals surface area contributed by atoms with Gasteiger partial charge in [0.1, 0.15) is 0 Å². The fourth-order valence-electron chi connectivity index (χ4n) is 1.67. The first-order valence-electron chi connectivity index (χ1n) is 4.22. The lowest BCUT2D eigenvalue weighted by Gasteiger charge is -2.26. The Bertz CT molecular complexity index is 360. The summed E-state index contributed by atoms with van der Waals surface area (Å²) in [4.78, 5) is 11.2. The van der Waals surface area contributed by atoms with E-state index in [-0.39, 0.29) is 6.42 Å². The van der Waals surface area contributed by atoms with Gasteiger partial charge in [-0.05, 0) is 12.0 Å². The first-order chi connectivity index (χ1) is 6.12. The number of carbonyl (C=O) groups excluding carboxylic acids is 1. The Morgan fingerprint density at radius 1 is 1.31 bits per heavy atom. The van der Waals surface area contributed by atoms with Crippen molar-refractivity contribution >= 4 is 5.78 Å². The Morgan fingerprint density at radius 3 is 2.77 bits per heavy atom. The molecular formula is C10H10FNO. The van der Waals surface area contributed by atoms with Crippen molar-refractivity contribution < 1.29 is 9.18 Å². The maximum absolute atomic E-state index is 13.7. The summed E-state index contributed by atoms with van der Waals surface area (Å²) >= 11 is 0. The molecule has 68 valence electrons. The number of hydrogen-bond donors (Lipinski definition) is 1. The molecule has 0 saturated carbocycles. The number of ketones is 1. The van der Waals surface area contributed by atoms with Gasteiger partial charge in [-0.25, -0.2) is 4.39 Å². The van der Waals surface area contributed by atoms with Crippen LogP contribution >= 0.6 is 0 Å². The van der Waals surface area contributed by atoms with E-state index in [0.29, 0.717) is 12.0 Å². The molecule has 1 unspecified atom stereocenters. The minimum Gasteiger partial charge on any atom is -0.294 e. The van der Waals surface area contributed by atoms with Crippen LogP contribution in [0.4, 0.5) is 4.39 Å². The Kier molecular flexibility index (Phi) is 1.70. The third-order valence-electron chi connectivity index (χ3n) is 2.44. The lowest BCUT2D eigenvalue weighted by molar-refractivity contribution is -0.131. The van der Waals surface area contributed by atoms with Gasteiger partial charge in [0.15, 0.2) is 5.78 Å². The highest BCUT2D eigenvalue weighted by Gasteiger charge is 2.39. The van der Waals surface area contributed by atoms with Gasteiger partial charge in [-0.1, -0.05) is 24.3 Å². The van der Waals surface area contributed by atoms with Crippen molar-refractivity contribution in [2.75, 3.05) is 0 Å². The molecular weight excluding hydrogens is 169 g/mol. The highest BCUT2D eigenvalue weighted by molar-refractivity contribution is 5.89. The molecule has 0 heterocycles. The number of hydrogen-bond acceptors (Lipinski definition) is 2. The van der Waals surface area contributed by atoms with Gasteiger partial charge in [0.25, 0.3) is 0 Å². The molecule has 1 aliphatic carbocycles. The van der Waals surface area contributed by atoms with Crippen molar-refractivity contribution in [3.05, 3.63) is 35.4 Å². The van der Waals surface area contributed by atoms with Crippen LogP contribution in [0.25, 0.3) is 0 Å². The number of rotatable bonds is 0. The van der Waals surface area contributed by atoms with Gasteiger partial charge in [0.05, 0.1) is 0 Å². The Morgan fingerprint density at radius 2 is 2.00 bits per heavy atom. The van der Waals surface area contributed by atoms with E-state index in [1.165, 1.54) is 0 Å². The van der Waals surface area contributed by atoms with Gasteiger partial charge in [-0.2, -0.15) is 0 Å². The van der Waals surface area contributed by atoms with Gasteiger partial charge in [-0.15, -0.1) is 0 Å². The monoisotopic (exact) mass is 179 g/mol. The third kappa shape index (κ3) is 1.16. The van der Waals surface area contributed by atoms with E-state index in [0.717, 1.165) is 5.56 Å². The number of halogens is 1. The van der Waals surface area contributed by atoms with Crippen LogP contribution in [0.15, 0.2) is 24.3 Å². The Labute approximate surface area is 75.6 Å². The second-order valence-corrected chi connectivity index (χ2v) is 3.29. The molecule has 3 heteroatoms. The van der Waals surface area contributed by atoms with Crippen LogP contribution in [-0.2, 0) is 17.0 Å². The minimum atomic E-state index is -2.27. The highest BCUT2D eigenvalue weighted by Crippen LogP contribution is 2.31. The molecule has 0 saturated heterocycles. The maximum Gasteiger partial charge on any atom is 0.243 e. The average molecular weight is 179 g/mol. The van der Waals surface area contributed by atoms with Crippen LogP contribution in [0, 0.1) is 0 Å². The standard InChI is InChI=1S/C10H10FNO/c11-10(12)8-4-2-1-3-7(8)5-6-9(10)13/h1-4H,5-6,12H2. The van der Waals surface area contributed by atoms with Crippen molar-refractivity contribution in [1.29, 1.82) is 0 Å². The van der Waals surface area contributed by atoms with Crippen LogP contribution in [0.1, 0.15) is 17.5 Å². The normalized spacial score (nSPS) is 27.1. The summed E-state index contributed by atoms with van der Waals surface area (Å²) in [6.45, 7) is 0. The summed E-state index contributed by atoms with van der Waals surface area (Å²) in [5.41, 5.74) is 6.48. The fraction of sp³-hybridized carbons (Fsp3) is 0.300. The molecule has 2 rings (SSSR count). The predicted octanol–water partition coefficient (Wildman–Crippen LogP) is 1.28.